The molecule has 5 heteroatoms. The lowest BCUT2D eigenvalue weighted by atomic mass is 10.1. The van der Waals surface area contributed by atoms with Gasteiger partial charge in [-0.1, -0.05) is 18.2 Å². The zero-order chi connectivity index (χ0) is 19.1. The Hall–Kier alpha value is -3.36. The summed E-state index contributed by atoms with van der Waals surface area (Å²) in [5.74, 6) is 0. The molecule has 4 aromatic rings. The van der Waals surface area contributed by atoms with Gasteiger partial charge in [-0.05, 0) is 48.8 Å². The molecule has 1 aromatic heterocycles. The molecule has 28 heavy (non-hydrogen) atoms. The van der Waals surface area contributed by atoms with Crippen LogP contribution in [0.4, 0.5) is 5.69 Å². The van der Waals surface area contributed by atoms with Gasteiger partial charge < -0.3 is 9.80 Å². The number of likely N-dealkylation sites (N-methyl/N-ethyl adjacent to an activating group) is 1. The van der Waals surface area contributed by atoms with Crippen molar-refractivity contribution >= 4 is 27.5 Å². The van der Waals surface area contributed by atoms with Crippen molar-refractivity contribution in [3.05, 3.63) is 66.5 Å². The first-order valence-electron chi connectivity index (χ1n) is 9.57. The molecule has 0 aliphatic carbocycles. The Balaban J connectivity index is 1.62. The Morgan fingerprint density at radius 3 is 2.64 bits per heavy atom. The van der Waals surface area contributed by atoms with Gasteiger partial charge in [-0.3, -0.25) is 4.57 Å². The van der Waals surface area contributed by atoms with Gasteiger partial charge >= 0.3 is 0 Å². The van der Waals surface area contributed by atoms with Crippen molar-refractivity contribution in [2.45, 2.75) is 0 Å². The molecule has 5 rings (SSSR count). The molecule has 0 atom stereocenters. The van der Waals surface area contributed by atoms with Crippen molar-refractivity contribution in [2.75, 3.05) is 38.1 Å². The van der Waals surface area contributed by atoms with Crippen LogP contribution in [0.2, 0.25) is 0 Å². The van der Waals surface area contributed by atoms with Crippen molar-refractivity contribution in [3.8, 4) is 11.8 Å². The molecule has 0 N–H and O–H groups in total. The van der Waals surface area contributed by atoms with Crippen LogP contribution in [0, 0.1) is 11.3 Å². The summed E-state index contributed by atoms with van der Waals surface area (Å²) < 4.78 is 2.09. The Kier molecular flexibility index (Phi) is 4.00. The second kappa shape index (κ2) is 6.66. The van der Waals surface area contributed by atoms with Gasteiger partial charge in [-0.25, -0.2) is 4.98 Å². The normalized spacial score (nSPS) is 15.2. The lowest BCUT2D eigenvalue weighted by molar-refractivity contribution is 0.313. The SMILES string of the molecule is CN1CCN(c2cccc3ccc(-n4cnc5cc(C#N)ccc54)cc23)CC1. The number of hydrogen-bond donors (Lipinski definition) is 0. The number of nitriles is 1. The third-order valence-corrected chi connectivity index (χ3v) is 5.64. The first kappa shape index (κ1) is 16.8. The van der Waals surface area contributed by atoms with E-state index in [1.54, 1.807) is 0 Å². The second-order valence-electron chi connectivity index (χ2n) is 7.40. The van der Waals surface area contributed by atoms with Gasteiger partial charge in [0.25, 0.3) is 0 Å². The first-order chi connectivity index (χ1) is 13.7. The molecule has 138 valence electrons. The quantitative estimate of drug-likeness (QED) is 0.541. The van der Waals surface area contributed by atoms with Crippen LogP contribution >= 0.6 is 0 Å². The number of aromatic nitrogens is 2. The fourth-order valence-corrected chi connectivity index (χ4v) is 4.01. The van der Waals surface area contributed by atoms with Crippen LogP contribution in [0.25, 0.3) is 27.5 Å². The van der Waals surface area contributed by atoms with E-state index in [1.165, 1.54) is 16.5 Å². The van der Waals surface area contributed by atoms with Crippen molar-refractivity contribution in [1.29, 1.82) is 5.26 Å². The molecule has 1 fully saturated rings. The fourth-order valence-electron chi connectivity index (χ4n) is 4.01. The maximum atomic E-state index is 9.12. The van der Waals surface area contributed by atoms with Gasteiger partial charge in [-0.2, -0.15) is 5.26 Å². The monoisotopic (exact) mass is 367 g/mol. The highest BCUT2D eigenvalue weighted by atomic mass is 15.2. The number of nitrogens with zero attached hydrogens (tertiary/aromatic N) is 5. The lowest BCUT2D eigenvalue weighted by Gasteiger charge is -2.34. The van der Waals surface area contributed by atoms with Gasteiger partial charge in [0.15, 0.2) is 0 Å². The molecule has 0 radical (unpaired) electrons. The molecule has 5 nitrogen and oxygen atoms in total. The van der Waals surface area contributed by atoms with Crippen molar-refractivity contribution in [3.63, 3.8) is 0 Å². The summed E-state index contributed by atoms with van der Waals surface area (Å²) in [6, 6.07) is 20.9. The van der Waals surface area contributed by atoms with Gasteiger partial charge in [-0.15, -0.1) is 0 Å². The Morgan fingerprint density at radius 1 is 0.964 bits per heavy atom. The molecule has 1 aliphatic heterocycles. The predicted octanol–water partition coefficient (Wildman–Crippen LogP) is 3.80. The molecule has 2 heterocycles. The molecule has 0 amide bonds. The topological polar surface area (TPSA) is 48.1 Å². The second-order valence-corrected chi connectivity index (χ2v) is 7.40. The minimum atomic E-state index is 0.633. The van der Waals surface area contributed by atoms with Gasteiger partial charge in [0.2, 0.25) is 0 Å². The van der Waals surface area contributed by atoms with E-state index in [0.29, 0.717) is 5.56 Å². The summed E-state index contributed by atoms with van der Waals surface area (Å²) in [6.07, 6.45) is 1.84. The Bertz CT molecular complexity index is 1210. The first-order valence-corrected chi connectivity index (χ1v) is 9.57. The maximum Gasteiger partial charge on any atom is 0.100 e. The number of benzene rings is 3. The summed E-state index contributed by atoms with van der Waals surface area (Å²) >= 11 is 0. The molecular formula is C23H21N5. The number of hydrogen-bond acceptors (Lipinski definition) is 4. The molecule has 0 unspecified atom stereocenters. The van der Waals surface area contributed by atoms with E-state index in [1.807, 2.05) is 24.5 Å². The smallest absolute Gasteiger partial charge is 0.100 e. The lowest BCUT2D eigenvalue weighted by Crippen LogP contribution is -2.44. The Labute approximate surface area is 164 Å². The van der Waals surface area contributed by atoms with Crippen LogP contribution in [0.15, 0.2) is 60.9 Å². The average Bonchev–Trinajstić information content (AvgIpc) is 3.16. The zero-order valence-electron chi connectivity index (χ0n) is 15.8. The maximum absolute atomic E-state index is 9.12. The number of rotatable bonds is 2. The van der Waals surface area contributed by atoms with Gasteiger partial charge in [0, 0.05) is 42.9 Å². The van der Waals surface area contributed by atoms with Crippen LogP contribution in [0.5, 0.6) is 0 Å². The number of anilines is 1. The molecule has 0 saturated carbocycles. The van der Waals surface area contributed by atoms with Crippen LogP contribution < -0.4 is 4.90 Å². The average molecular weight is 367 g/mol. The van der Waals surface area contributed by atoms with E-state index < -0.39 is 0 Å². The number of imidazole rings is 1. The van der Waals surface area contributed by atoms with Gasteiger partial charge in [0.1, 0.15) is 6.33 Å². The zero-order valence-corrected chi connectivity index (χ0v) is 15.8. The van der Waals surface area contributed by atoms with E-state index in [-0.39, 0.29) is 0 Å². The summed E-state index contributed by atoms with van der Waals surface area (Å²) in [5.41, 5.74) is 4.86. The van der Waals surface area contributed by atoms with Gasteiger partial charge in [0.05, 0.1) is 22.7 Å². The Morgan fingerprint density at radius 2 is 1.82 bits per heavy atom. The van der Waals surface area contributed by atoms with Crippen LogP contribution in [0.1, 0.15) is 5.56 Å². The molecule has 1 aliphatic rings. The highest BCUT2D eigenvalue weighted by Crippen LogP contribution is 2.30. The standard InChI is InChI=1S/C23H21N5/c1-26-9-11-27(12-10-26)22-4-2-3-18-6-7-19(14-20(18)22)28-16-25-21-13-17(15-24)5-8-23(21)28/h2-8,13-14,16H,9-12H2,1H3. The summed E-state index contributed by atoms with van der Waals surface area (Å²) in [6.45, 7) is 4.27. The van der Waals surface area contributed by atoms with E-state index in [9.17, 15) is 0 Å². The van der Waals surface area contributed by atoms with Crippen LogP contribution in [-0.4, -0.2) is 47.7 Å². The van der Waals surface area contributed by atoms with Crippen molar-refractivity contribution < 1.29 is 0 Å². The largest absolute Gasteiger partial charge is 0.368 e. The summed E-state index contributed by atoms with van der Waals surface area (Å²) in [4.78, 5) is 9.36. The molecule has 3 aromatic carbocycles. The van der Waals surface area contributed by atoms with E-state index in [2.05, 4.69) is 68.9 Å². The summed E-state index contributed by atoms with van der Waals surface area (Å²) in [5, 5.41) is 11.6. The van der Waals surface area contributed by atoms with Crippen LogP contribution in [0.3, 0.4) is 0 Å². The minimum absolute atomic E-state index is 0.633. The van der Waals surface area contributed by atoms with E-state index in [4.69, 9.17) is 5.26 Å². The fraction of sp³-hybridized carbons (Fsp3) is 0.217. The van der Waals surface area contributed by atoms with Crippen LogP contribution in [-0.2, 0) is 0 Å². The molecule has 0 bridgehead atoms. The van der Waals surface area contributed by atoms with Crippen molar-refractivity contribution in [1.82, 2.24) is 14.5 Å². The van der Waals surface area contributed by atoms with E-state index >= 15 is 0 Å². The number of piperazine rings is 1. The molecule has 1 saturated heterocycles. The summed E-state index contributed by atoms with van der Waals surface area (Å²) in [7, 11) is 2.18. The highest BCUT2D eigenvalue weighted by molar-refractivity contribution is 5.96. The molecular weight excluding hydrogens is 346 g/mol. The highest BCUT2D eigenvalue weighted by Gasteiger charge is 2.16. The third kappa shape index (κ3) is 2.79. The third-order valence-electron chi connectivity index (χ3n) is 5.64. The van der Waals surface area contributed by atoms with E-state index in [0.717, 1.165) is 42.9 Å². The molecule has 0 spiro atoms. The minimum Gasteiger partial charge on any atom is -0.368 e. The predicted molar refractivity (Wildman–Crippen MR) is 113 cm³/mol. The van der Waals surface area contributed by atoms with Crippen molar-refractivity contribution in [2.24, 2.45) is 0 Å². The number of fused-ring (bicyclic) bond motifs is 2.